The predicted molar refractivity (Wildman–Crippen MR) is 57.8 cm³/mol. The van der Waals surface area contributed by atoms with Crippen molar-refractivity contribution in [2.45, 2.75) is 4.90 Å². The molecule has 1 aromatic carbocycles. The summed E-state index contributed by atoms with van der Waals surface area (Å²) >= 11 is 0. The van der Waals surface area contributed by atoms with E-state index in [2.05, 4.69) is 5.32 Å². The molecule has 8 heteroatoms. The average molecular weight is 258 g/mol. The molecule has 0 saturated carbocycles. The number of hydrogen-bond donors (Lipinski definition) is 3. The van der Waals surface area contributed by atoms with E-state index in [4.69, 9.17) is 10.2 Å². The average Bonchev–Trinajstić information content (AvgIpc) is 2.25. The van der Waals surface area contributed by atoms with Crippen LogP contribution in [0.15, 0.2) is 29.2 Å². The van der Waals surface area contributed by atoms with E-state index < -0.39 is 28.4 Å². The maximum Gasteiger partial charge on any atom is 0.322 e. The van der Waals surface area contributed by atoms with Gasteiger partial charge in [-0.05, 0) is 18.2 Å². The van der Waals surface area contributed by atoms with E-state index in [-0.39, 0.29) is 10.5 Å². The van der Waals surface area contributed by atoms with Crippen LogP contribution in [0.5, 0.6) is 0 Å². The van der Waals surface area contributed by atoms with Gasteiger partial charge in [-0.15, -0.1) is 0 Å². The van der Waals surface area contributed by atoms with Gasteiger partial charge in [-0.3, -0.25) is 9.59 Å². The molecule has 17 heavy (non-hydrogen) atoms. The lowest BCUT2D eigenvalue weighted by Gasteiger charge is -2.04. The highest BCUT2D eigenvalue weighted by Crippen LogP contribution is 2.09. The smallest absolute Gasteiger partial charge is 0.322 e. The Morgan fingerprint density at radius 3 is 2.53 bits per heavy atom. The Labute approximate surface area is 97.3 Å². The molecule has 0 aliphatic carbocycles. The second kappa shape index (κ2) is 4.93. The van der Waals surface area contributed by atoms with Gasteiger partial charge in [0, 0.05) is 5.56 Å². The van der Waals surface area contributed by atoms with Crippen LogP contribution in [0.4, 0.5) is 0 Å². The predicted octanol–water partition coefficient (Wildman–Crippen LogP) is -0.852. The van der Waals surface area contributed by atoms with Crippen LogP contribution in [0.2, 0.25) is 0 Å². The maximum atomic E-state index is 11.4. The normalized spacial score (nSPS) is 10.9. The van der Waals surface area contributed by atoms with Crippen molar-refractivity contribution < 1.29 is 23.1 Å². The van der Waals surface area contributed by atoms with Crippen molar-refractivity contribution in [2.75, 3.05) is 6.54 Å². The molecule has 0 spiro atoms. The third-order valence-electron chi connectivity index (χ3n) is 1.82. The summed E-state index contributed by atoms with van der Waals surface area (Å²) in [5, 5.41) is 15.4. The molecule has 0 radical (unpaired) electrons. The van der Waals surface area contributed by atoms with E-state index >= 15 is 0 Å². The quantitative estimate of drug-likeness (QED) is 0.648. The Morgan fingerprint density at radius 2 is 2.00 bits per heavy atom. The lowest BCUT2D eigenvalue weighted by atomic mass is 10.2. The topological polar surface area (TPSA) is 127 Å². The van der Waals surface area contributed by atoms with Gasteiger partial charge in [0.05, 0.1) is 4.90 Å². The Bertz CT molecular complexity index is 552. The first-order chi connectivity index (χ1) is 7.80. The van der Waals surface area contributed by atoms with Crippen molar-refractivity contribution >= 4 is 21.9 Å². The number of sulfonamides is 1. The molecule has 0 bridgehead atoms. The highest BCUT2D eigenvalue weighted by atomic mass is 32.2. The monoisotopic (exact) mass is 258 g/mol. The molecule has 0 aliphatic rings. The van der Waals surface area contributed by atoms with Crippen molar-refractivity contribution in [1.82, 2.24) is 5.32 Å². The zero-order chi connectivity index (χ0) is 13.1. The highest BCUT2D eigenvalue weighted by molar-refractivity contribution is 7.89. The molecular formula is C9H10N2O5S. The minimum atomic E-state index is -3.89. The van der Waals surface area contributed by atoms with Gasteiger partial charge in [-0.1, -0.05) is 6.07 Å². The Hall–Kier alpha value is -1.93. The number of benzene rings is 1. The lowest BCUT2D eigenvalue weighted by molar-refractivity contribution is -0.135. The number of amides is 1. The van der Waals surface area contributed by atoms with Gasteiger partial charge in [0.25, 0.3) is 5.91 Å². The summed E-state index contributed by atoms with van der Waals surface area (Å²) in [7, 11) is -3.89. The molecule has 1 aromatic rings. The Morgan fingerprint density at radius 1 is 1.35 bits per heavy atom. The van der Waals surface area contributed by atoms with Crippen LogP contribution in [0.3, 0.4) is 0 Å². The summed E-state index contributed by atoms with van der Waals surface area (Å²) in [5.74, 6) is -1.88. The summed E-state index contributed by atoms with van der Waals surface area (Å²) in [5.41, 5.74) is 0.0257. The number of nitrogens with one attached hydrogen (secondary N) is 1. The molecule has 92 valence electrons. The number of carbonyl (C=O) groups excluding carboxylic acids is 1. The SMILES string of the molecule is NS(=O)(=O)c1cccc(C(=O)NCC(=O)O)c1. The third-order valence-corrected chi connectivity index (χ3v) is 2.74. The van der Waals surface area contributed by atoms with E-state index in [1.165, 1.54) is 18.2 Å². The fourth-order valence-electron chi connectivity index (χ4n) is 1.07. The van der Waals surface area contributed by atoms with Crippen LogP contribution >= 0.6 is 0 Å². The zero-order valence-electron chi connectivity index (χ0n) is 8.58. The highest BCUT2D eigenvalue weighted by Gasteiger charge is 2.12. The standard InChI is InChI=1S/C9H10N2O5S/c10-17(15,16)7-3-1-2-6(4-7)9(14)11-5-8(12)13/h1-4H,5H2,(H,11,14)(H,12,13)(H2,10,15,16). The van der Waals surface area contributed by atoms with Gasteiger partial charge in [-0.25, -0.2) is 13.6 Å². The van der Waals surface area contributed by atoms with E-state index in [9.17, 15) is 18.0 Å². The third kappa shape index (κ3) is 3.85. The first-order valence-corrected chi connectivity index (χ1v) is 5.98. The van der Waals surface area contributed by atoms with Gasteiger partial charge < -0.3 is 10.4 Å². The molecule has 0 unspecified atom stereocenters. The van der Waals surface area contributed by atoms with Gasteiger partial charge in [0.2, 0.25) is 10.0 Å². The van der Waals surface area contributed by atoms with Gasteiger partial charge in [0.15, 0.2) is 0 Å². The molecule has 1 amide bonds. The number of carbonyl (C=O) groups is 2. The molecule has 0 saturated heterocycles. The van der Waals surface area contributed by atoms with Gasteiger partial charge in [-0.2, -0.15) is 0 Å². The lowest BCUT2D eigenvalue weighted by Crippen LogP contribution is -2.29. The van der Waals surface area contributed by atoms with Crippen LogP contribution < -0.4 is 10.5 Å². The number of carboxylic acid groups (broad SMARTS) is 1. The van der Waals surface area contributed by atoms with E-state index in [1.54, 1.807) is 0 Å². The van der Waals surface area contributed by atoms with Crippen molar-refractivity contribution in [3.05, 3.63) is 29.8 Å². The fraction of sp³-hybridized carbons (Fsp3) is 0.111. The van der Waals surface area contributed by atoms with Crippen molar-refractivity contribution in [3.63, 3.8) is 0 Å². The maximum absolute atomic E-state index is 11.4. The summed E-state index contributed by atoms with van der Waals surface area (Å²) in [6.45, 7) is -0.543. The van der Waals surface area contributed by atoms with Crippen LogP contribution in [-0.2, 0) is 14.8 Å². The first kappa shape index (κ1) is 13.1. The number of aliphatic carboxylic acids is 1. The first-order valence-electron chi connectivity index (χ1n) is 4.43. The largest absolute Gasteiger partial charge is 0.480 e. The molecule has 0 aliphatic heterocycles. The van der Waals surface area contributed by atoms with Crippen LogP contribution in [0.25, 0.3) is 0 Å². The molecule has 0 heterocycles. The van der Waals surface area contributed by atoms with Gasteiger partial charge >= 0.3 is 5.97 Å². The van der Waals surface area contributed by atoms with E-state index in [0.717, 1.165) is 6.07 Å². The van der Waals surface area contributed by atoms with Crippen molar-refractivity contribution in [1.29, 1.82) is 0 Å². The molecule has 0 aromatic heterocycles. The number of nitrogens with two attached hydrogens (primary N) is 1. The molecule has 0 atom stereocenters. The summed E-state index contributed by atoms with van der Waals surface area (Å²) in [4.78, 5) is 21.4. The number of hydrogen-bond acceptors (Lipinski definition) is 4. The summed E-state index contributed by atoms with van der Waals surface area (Å²) < 4.78 is 22.1. The van der Waals surface area contributed by atoms with Gasteiger partial charge in [0.1, 0.15) is 6.54 Å². The summed E-state index contributed by atoms with van der Waals surface area (Å²) in [6, 6.07) is 5.01. The van der Waals surface area contributed by atoms with Crippen LogP contribution in [0, 0.1) is 0 Å². The number of rotatable bonds is 4. The minimum Gasteiger partial charge on any atom is -0.480 e. The Balaban J connectivity index is 2.93. The second-order valence-electron chi connectivity index (χ2n) is 3.15. The zero-order valence-corrected chi connectivity index (χ0v) is 9.40. The van der Waals surface area contributed by atoms with Crippen LogP contribution in [0.1, 0.15) is 10.4 Å². The summed E-state index contributed by atoms with van der Waals surface area (Å²) in [6.07, 6.45) is 0. The van der Waals surface area contributed by atoms with Crippen molar-refractivity contribution in [3.8, 4) is 0 Å². The fourth-order valence-corrected chi connectivity index (χ4v) is 1.63. The van der Waals surface area contributed by atoms with Crippen molar-refractivity contribution in [2.24, 2.45) is 5.14 Å². The molecule has 4 N–H and O–H groups in total. The number of carboxylic acids is 1. The second-order valence-corrected chi connectivity index (χ2v) is 4.71. The molecule has 1 rings (SSSR count). The Kier molecular flexibility index (Phi) is 3.81. The van der Waals surface area contributed by atoms with E-state index in [0.29, 0.717) is 0 Å². The minimum absolute atomic E-state index is 0.0257. The van der Waals surface area contributed by atoms with Crippen LogP contribution in [-0.4, -0.2) is 31.9 Å². The van der Waals surface area contributed by atoms with E-state index in [1.807, 2.05) is 0 Å². The molecule has 0 fully saturated rings. The molecular weight excluding hydrogens is 248 g/mol. The molecule has 7 nitrogen and oxygen atoms in total. The number of primary sulfonamides is 1.